The maximum atomic E-state index is 12.6. The fourth-order valence-electron chi connectivity index (χ4n) is 2.67. The number of pyridine rings is 1. The summed E-state index contributed by atoms with van der Waals surface area (Å²) in [6.45, 7) is 4.14. The van der Waals surface area contributed by atoms with Crippen molar-refractivity contribution in [3.63, 3.8) is 0 Å². The first-order chi connectivity index (χ1) is 9.68. The van der Waals surface area contributed by atoms with Crippen LogP contribution >= 0.6 is 0 Å². The van der Waals surface area contributed by atoms with Crippen LogP contribution in [0, 0.1) is 5.41 Å². The molecule has 110 valence electrons. The van der Waals surface area contributed by atoms with Crippen molar-refractivity contribution in [2.75, 3.05) is 26.8 Å². The molecule has 2 N–H and O–H groups in total. The summed E-state index contributed by atoms with van der Waals surface area (Å²) in [5.41, 5.74) is 0.464. The zero-order valence-corrected chi connectivity index (χ0v) is 12.2. The molecule has 0 spiro atoms. The van der Waals surface area contributed by atoms with Crippen LogP contribution in [0.1, 0.15) is 31.5 Å². The maximum Gasteiger partial charge on any atom is 0.229 e. The molecule has 1 unspecified atom stereocenters. The molecule has 2 heterocycles. The standard InChI is InChI=1S/C15H23N3O2/c1-12(13-5-3-4-8-17-13)18-14(19)15(11-20-2)6-9-16-10-7-15/h3-5,8,12,16H,6-7,9-11H2,1-2H3,(H,18,19). The summed E-state index contributed by atoms with van der Waals surface area (Å²) in [7, 11) is 1.65. The Morgan fingerprint density at radius 1 is 1.50 bits per heavy atom. The number of nitrogens with one attached hydrogen (secondary N) is 2. The SMILES string of the molecule is COCC1(C(=O)NC(C)c2ccccn2)CCNCC1. The highest BCUT2D eigenvalue weighted by Gasteiger charge is 2.40. The molecule has 2 rings (SSSR count). The van der Waals surface area contributed by atoms with Gasteiger partial charge in [-0.15, -0.1) is 0 Å². The lowest BCUT2D eigenvalue weighted by atomic mass is 9.78. The molecule has 0 aliphatic carbocycles. The molecule has 0 bridgehead atoms. The van der Waals surface area contributed by atoms with E-state index < -0.39 is 5.41 Å². The molecule has 20 heavy (non-hydrogen) atoms. The molecular weight excluding hydrogens is 254 g/mol. The van der Waals surface area contributed by atoms with Gasteiger partial charge in [0.25, 0.3) is 0 Å². The lowest BCUT2D eigenvalue weighted by Gasteiger charge is -2.36. The molecule has 5 heteroatoms. The first kappa shape index (κ1) is 14.9. The van der Waals surface area contributed by atoms with Crippen molar-refractivity contribution < 1.29 is 9.53 Å². The number of aromatic nitrogens is 1. The van der Waals surface area contributed by atoms with Crippen LogP contribution in [0.2, 0.25) is 0 Å². The smallest absolute Gasteiger partial charge is 0.229 e. The Balaban J connectivity index is 2.05. The maximum absolute atomic E-state index is 12.6. The lowest BCUT2D eigenvalue weighted by Crippen LogP contribution is -2.50. The summed E-state index contributed by atoms with van der Waals surface area (Å²) >= 11 is 0. The number of hydrogen-bond donors (Lipinski definition) is 2. The van der Waals surface area contributed by atoms with Gasteiger partial charge < -0.3 is 15.4 Å². The van der Waals surface area contributed by atoms with E-state index in [0.29, 0.717) is 6.61 Å². The number of carbonyl (C=O) groups is 1. The van der Waals surface area contributed by atoms with E-state index in [9.17, 15) is 4.79 Å². The molecule has 1 saturated heterocycles. The first-order valence-electron chi connectivity index (χ1n) is 7.09. The number of rotatable bonds is 5. The Morgan fingerprint density at radius 3 is 2.85 bits per heavy atom. The predicted molar refractivity (Wildman–Crippen MR) is 77.2 cm³/mol. The van der Waals surface area contributed by atoms with E-state index in [4.69, 9.17) is 4.74 Å². The van der Waals surface area contributed by atoms with Crippen LogP contribution in [0.25, 0.3) is 0 Å². The van der Waals surface area contributed by atoms with Crippen molar-refractivity contribution in [3.05, 3.63) is 30.1 Å². The summed E-state index contributed by atoms with van der Waals surface area (Å²) in [5, 5.41) is 6.37. The van der Waals surface area contributed by atoms with Gasteiger partial charge >= 0.3 is 0 Å². The number of nitrogens with zero attached hydrogens (tertiary/aromatic N) is 1. The van der Waals surface area contributed by atoms with Crippen LogP contribution in [-0.2, 0) is 9.53 Å². The number of hydrogen-bond acceptors (Lipinski definition) is 4. The van der Waals surface area contributed by atoms with Gasteiger partial charge in [-0.05, 0) is 45.0 Å². The quantitative estimate of drug-likeness (QED) is 0.851. The van der Waals surface area contributed by atoms with Crippen molar-refractivity contribution in [1.29, 1.82) is 0 Å². The van der Waals surface area contributed by atoms with Gasteiger partial charge in [0, 0.05) is 13.3 Å². The minimum Gasteiger partial charge on any atom is -0.384 e. The summed E-state index contributed by atoms with van der Waals surface area (Å²) in [5.74, 6) is 0.0685. The van der Waals surface area contributed by atoms with Gasteiger partial charge in [0.1, 0.15) is 0 Å². The minimum atomic E-state index is -0.414. The normalized spacial score (nSPS) is 19.3. The van der Waals surface area contributed by atoms with Gasteiger partial charge in [0.15, 0.2) is 0 Å². The summed E-state index contributed by atoms with van der Waals surface area (Å²) in [4.78, 5) is 16.9. The molecule has 0 aromatic carbocycles. The number of ether oxygens (including phenoxy) is 1. The molecule has 5 nitrogen and oxygen atoms in total. The average molecular weight is 277 g/mol. The second-order valence-electron chi connectivity index (χ2n) is 5.41. The van der Waals surface area contributed by atoms with Gasteiger partial charge in [-0.3, -0.25) is 9.78 Å². The van der Waals surface area contributed by atoms with Gasteiger partial charge in [0.05, 0.1) is 23.8 Å². The summed E-state index contributed by atoms with van der Waals surface area (Å²) in [6, 6.07) is 5.64. The Labute approximate surface area is 120 Å². The summed E-state index contributed by atoms with van der Waals surface area (Å²) < 4.78 is 5.29. The van der Waals surface area contributed by atoms with Gasteiger partial charge in [-0.25, -0.2) is 0 Å². The topological polar surface area (TPSA) is 63.2 Å². The highest BCUT2D eigenvalue weighted by atomic mass is 16.5. The van der Waals surface area contributed by atoms with E-state index in [1.807, 2.05) is 25.1 Å². The molecule has 0 saturated carbocycles. The van der Waals surface area contributed by atoms with Crippen molar-refractivity contribution in [3.8, 4) is 0 Å². The van der Waals surface area contributed by atoms with E-state index in [2.05, 4.69) is 15.6 Å². The van der Waals surface area contributed by atoms with Crippen LogP contribution in [0.5, 0.6) is 0 Å². The van der Waals surface area contributed by atoms with Crippen LogP contribution in [0.15, 0.2) is 24.4 Å². The Kier molecular flexibility index (Phi) is 5.09. The third-order valence-electron chi connectivity index (χ3n) is 3.94. The molecule has 0 radical (unpaired) electrons. The molecule has 1 aromatic heterocycles. The fraction of sp³-hybridized carbons (Fsp3) is 0.600. The largest absolute Gasteiger partial charge is 0.384 e. The Bertz CT molecular complexity index is 424. The van der Waals surface area contributed by atoms with E-state index in [-0.39, 0.29) is 11.9 Å². The van der Waals surface area contributed by atoms with Crippen molar-refractivity contribution in [1.82, 2.24) is 15.6 Å². The van der Waals surface area contributed by atoms with Crippen molar-refractivity contribution >= 4 is 5.91 Å². The summed E-state index contributed by atoms with van der Waals surface area (Å²) in [6.07, 6.45) is 3.36. The van der Waals surface area contributed by atoms with E-state index >= 15 is 0 Å². The highest BCUT2D eigenvalue weighted by Crippen LogP contribution is 2.30. The molecule has 1 amide bonds. The number of piperidine rings is 1. The minimum absolute atomic E-state index is 0.0685. The van der Waals surface area contributed by atoms with Crippen LogP contribution in [0.3, 0.4) is 0 Å². The Morgan fingerprint density at radius 2 is 2.25 bits per heavy atom. The fourth-order valence-corrected chi connectivity index (χ4v) is 2.67. The van der Waals surface area contributed by atoms with Gasteiger partial charge in [-0.1, -0.05) is 6.07 Å². The van der Waals surface area contributed by atoms with E-state index in [1.165, 1.54) is 0 Å². The van der Waals surface area contributed by atoms with Gasteiger partial charge in [-0.2, -0.15) is 0 Å². The van der Waals surface area contributed by atoms with Crippen molar-refractivity contribution in [2.24, 2.45) is 5.41 Å². The first-order valence-corrected chi connectivity index (χ1v) is 7.09. The predicted octanol–water partition coefficient (Wildman–Crippen LogP) is 1.27. The lowest BCUT2D eigenvalue weighted by molar-refractivity contribution is -0.136. The highest BCUT2D eigenvalue weighted by molar-refractivity contribution is 5.83. The van der Waals surface area contributed by atoms with Gasteiger partial charge in [0.2, 0.25) is 5.91 Å². The average Bonchev–Trinajstić information content (AvgIpc) is 2.49. The number of amides is 1. The van der Waals surface area contributed by atoms with E-state index in [1.54, 1.807) is 13.3 Å². The molecule has 1 aliphatic rings. The number of carbonyl (C=O) groups excluding carboxylic acids is 1. The van der Waals surface area contributed by atoms with Crippen LogP contribution in [-0.4, -0.2) is 37.7 Å². The Hall–Kier alpha value is -1.46. The second-order valence-corrected chi connectivity index (χ2v) is 5.41. The third kappa shape index (κ3) is 3.35. The molecule has 1 aromatic rings. The zero-order valence-electron chi connectivity index (χ0n) is 12.2. The van der Waals surface area contributed by atoms with Crippen LogP contribution in [0.4, 0.5) is 0 Å². The third-order valence-corrected chi connectivity index (χ3v) is 3.94. The monoisotopic (exact) mass is 277 g/mol. The molecule has 1 aliphatic heterocycles. The zero-order chi connectivity index (χ0) is 14.4. The van der Waals surface area contributed by atoms with Crippen LogP contribution < -0.4 is 10.6 Å². The second kappa shape index (κ2) is 6.81. The molecular formula is C15H23N3O2. The molecule has 1 atom stereocenters. The van der Waals surface area contributed by atoms with Crippen molar-refractivity contribution in [2.45, 2.75) is 25.8 Å². The molecule has 1 fully saturated rings. The van der Waals surface area contributed by atoms with E-state index in [0.717, 1.165) is 31.6 Å². The number of methoxy groups -OCH3 is 1.